The zero-order valence-corrected chi connectivity index (χ0v) is 17.0. The molecule has 6 nitrogen and oxygen atoms in total. The second kappa shape index (κ2) is 9.69. The van der Waals surface area contributed by atoms with E-state index in [4.69, 9.17) is 5.73 Å². The Kier molecular flexibility index (Phi) is 8.21. The minimum absolute atomic E-state index is 0. The Hall–Kier alpha value is -2.15. The summed E-state index contributed by atoms with van der Waals surface area (Å²) in [5.41, 5.74) is 7.88. The topological polar surface area (TPSA) is 85.8 Å². The van der Waals surface area contributed by atoms with Gasteiger partial charge in [-0.2, -0.15) is 0 Å². The molecular formula is C19H25Cl2N5O. The molecule has 1 amide bonds. The average molecular weight is 410 g/mol. The van der Waals surface area contributed by atoms with Crippen LogP contribution in [0.1, 0.15) is 26.7 Å². The monoisotopic (exact) mass is 409 g/mol. The molecular weight excluding hydrogens is 385 g/mol. The van der Waals surface area contributed by atoms with E-state index in [1.165, 1.54) is 0 Å². The fraction of sp³-hybridized carbons (Fsp3) is 0.316. The fourth-order valence-corrected chi connectivity index (χ4v) is 2.96. The predicted octanol–water partition coefficient (Wildman–Crippen LogP) is 3.97. The Labute approximate surface area is 171 Å². The highest BCUT2D eigenvalue weighted by Gasteiger charge is 2.33. The molecule has 2 aromatic heterocycles. The zero-order chi connectivity index (χ0) is 17.9. The van der Waals surface area contributed by atoms with Gasteiger partial charge in [-0.25, -0.2) is 9.97 Å². The molecule has 0 bridgehead atoms. The van der Waals surface area contributed by atoms with Crippen molar-refractivity contribution in [2.24, 2.45) is 11.1 Å². The summed E-state index contributed by atoms with van der Waals surface area (Å²) in [6.45, 7) is 4.31. The summed E-state index contributed by atoms with van der Waals surface area (Å²) in [5.74, 6) is 0.699. The molecule has 2 heterocycles. The lowest BCUT2D eigenvalue weighted by Gasteiger charge is -2.28. The summed E-state index contributed by atoms with van der Waals surface area (Å²) in [6.07, 6.45) is 4.82. The summed E-state index contributed by atoms with van der Waals surface area (Å²) < 4.78 is 1.92. The number of nitrogens with zero attached hydrogens (tertiary/aromatic N) is 3. The van der Waals surface area contributed by atoms with Gasteiger partial charge >= 0.3 is 0 Å². The number of amides is 1. The highest BCUT2D eigenvalue weighted by Crippen LogP contribution is 2.27. The van der Waals surface area contributed by atoms with E-state index in [-0.39, 0.29) is 30.7 Å². The third kappa shape index (κ3) is 4.40. The number of carbonyl (C=O) groups excluding carboxylic acids is 1. The lowest BCUT2D eigenvalue weighted by molar-refractivity contribution is -0.125. The maximum atomic E-state index is 12.6. The van der Waals surface area contributed by atoms with Crippen LogP contribution in [0.2, 0.25) is 0 Å². The number of hydrogen-bond acceptors (Lipinski definition) is 4. The van der Waals surface area contributed by atoms with Crippen molar-refractivity contribution in [2.45, 2.75) is 26.7 Å². The normalized spacial score (nSPS) is 10.8. The van der Waals surface area contributed by atoms with Crippen LogP contribution in [0.15, 0.2) is 48.9 Å². The number of hydrogen-bond donors (Lipinski definition) is 2. The van der Waals surface area contributed by atoms with E-state index >= 15 is 0 Å². The predicted molar refractivity (Wildman–Crippen MR) is 114 cm³/mol. The van der Waals surface area contributed by atoms with E-state index in [0.717, 1.165) is 16.9 Å². The summed E-state index contributed by atoms with van der Waals surface area (Å²) >= 11 is 0. The number of carbonyl (C=O) groups is 1. The van der Waals surface area contributed by atoms with Crippen LogP contribution >= 0.6 is 24.8 Å². The van der Waals surface area contributed by atoms with Gasteiger partial charge in [0.15, 0.2) is 0 Å². The Balaban J connectivity index is 0.00000182. The summed E-state index contributed by atoms with van der Waals surface area (Å²) in [6, 6.07) is 11.6. The number of pyridine rings is 1. The van der Waals surface area contributed by atoms with Crippen molar-refractivity contribution in [3.63, 3.8) is 0 Å². The molecule has 3 aromatic rings. The Morgan fingerprint density at radius 3 is 2.41 bits per heavy atom. The van der Waals surface area contributed by atoms with Crippen LogP contribution in [0.3, 0.4) is 0 Å². The fourth-order valence-electron chi connectivity index (χ4n) is 2.96. The van der Waals surface area contributed by atoms with Crippen molar-refractivity contribution in [3.05, 3.63) is 48.9 Å². The summed E-state index contributed by atoms with van der Waals surface area (Å²) in [4.78, 5) is 21.4. The molecule has 27 heavy (non-hydrogen) atoms. The summed E-state index contributed by atoms with van der Waals surface area (Å²) in [5, 5.41) is 2.94. The van der Waals surface area contributed by atoms with Gasteiger partial charge in [-0.1, -0.05) is 26.0 Å². The molecule has 0 saturated carbocycles. The number of para-hydroxylation sites is 2. The smallest absolute Gasteiger partial charge is 0.231 e. The number of anilines is 1. The van der Waals surface area contributed by atoms with Crippen molar-refractivity contribution in [3.8, 4) is 5.82 Å². The maximum Gasteiger partial charge on any atom is 0.231 e. The largest absolute Gasteiger partial charge is 0.329 e. The van der Waals surface area contributed by atoms with Gasteiger partial charge in [-0.3, -0.25) is 9.36 Å². The molecule has 146 valence electrons. The Morgan fingerprint density at radius 2 is 1.81 bits per heavy atom. The number of fused-ring (bicyclic) bond motifs is 1. The molecule has 3 rings (SSSR count). The SMILES string of the molecule is CCC(CC)(CN)C(=O)Nc1ccc(-n2cnc3ccccc32)nc1.Cl.Cl. The van der Waals surface area contributed by atoms with Gasteiger partial charge in [0.2, 0.25) is 5.91 Å². The van der Waals surface area contributed by atoms with Gasteiger partial charge in [-0.05, 0) is 37.1 Å². The molecule has 0 aliphatic rings. The average Bonchev–Trinajstić information content (AvgIpc) is 3.08. The molecule has 8 heteroatoms. The minimum Gasteiger partial charge on any atom is -0.329 e. The number of rotatable bonds is 6. The molecule has 0 atom stereocenters. The first-order chi connectivity index (χ1) is 12.1. The number of nitrogens with two attached hydrogens (primary N) is 1. The van der Waals surface area contributed by atoms with Crippen LogP contribution < -0.4 is 11.1 Å². The lowest BCUT2D eigenvalue weighted by Crippen LogP contribution is -2.41. The quantitative estimate of drug-likeness (QED) is 0.644. The molecule has 0 unspecified atom stereocenters. The van der Waals surface area contributed by atoms with Crippen LogP contribution in [-0.2, 0) is 4.79 Å². The van der Waals surface area contributed by atoms with E-state index in [1.807, 2.05) is 54.8 Å². The lowest BCUT2D eigenvalue weighted by atomic mass is 9.81. The molecule has 0 aliphatic carbocycles. The van der Waals surface area contributed by atoms with Crippen LogP contribution in [0.25, 0.3) is 16.9 Å². The number of nitrogens with one attached hydrogen (secondary N) is 1. The van der Waals surface area contributed by atoms with E-state index in [9.17, 15) is 4.79 Å². The van der Waals surface area contributed by atoms with Crippen molar-refractivity contribution >= 4 is 47.4 Å². The van der Waals surface area contributed by atoms with Crippen molar-refractivity contribution < 1.29 is 4.79 Å². The van der Waals surface area contributed by atoms with Crippen LogP contribution in [0, 0.1) is 5.41 Å². The first kappa shape index (κ1) is 22.9. The van der Waals surface area contributed by atoms with Gasteiger partial charge < -0.3 is 11.1 Å². The van der Waals surface area contributed by atoms with E-state index in [1.54, 1.807) is 12.5 Å². The minimum atomic E-state index is -0.529. The highest BCUT2D eigenvalue weighted by atomic mass is 35.5. The maximum absolute atomic E-state index is 12.6. The van der Waals surface area contributed by atoms with Crippen LogP contribution in [0.4, 0.5) is 5.69 Å². The number of benzene rings is 1. The van der Waals surface area contributed by atoms with Gasteiger partial charge in [0.25, 0.3) is 0 Å². The van der Waals surface area contributed by atoms with Gasteiger partial charge in [0, 0.05) is 6.54 Å². The van der Waals surface area contributed by atoms with Crippen molar-refractivity contribution in [1.29, 1.82) is 0 Å². The first-order valence-corrected chi connectivity index (χ1v) is 8.53. The second-order valence-corrected chi connectivity index (χ2v) is 6.15. The zero-order valence-electron chi connectivity index (χ0n) is 15.4. The third-order valence-electron chi connectivity index (χ3n) is 4.93. The molecule has 1 aromatic carbocycles. The van der Waals surface area contributed by atoms with Crippen LogP contribution in [-0.4, -0.2) is 27.0 Å². The van der Waals surface area contributed by atoms with Gasteiger partial charge in [0.05, 0.1) is 28.3 Å². The Morgan fingerprint density at radius 1 is 1.11 bits per heavy atom. The van der Waals surface area contributed by atoms with E-state index in [0.29, 0.717) is 25.1 Å². The standard InChI is InChI=1S/C19H23N5O.2ClH/c1-3-19(4-2,12-20)18(25)23-14-9-10-17(21-11-14)24-13-22-15-7-5-6-8-16(15)24;;/h5-11,13H,3-4,12,20H2,1-2H3,(H,23,25);2*1H. The summed E-state index contributed by atoms with van der Waals surface area (Å²) in [7, 11) is 0. The number of imidazole rings is 1. The van der Waals surface area contributed by atoms with E-state index in [2.05, 4.69) is 15.3 Å². The molecule has 3 N–H and O–H groups in total. The van der Waals surface area contributed by atoms with Crippen LogP contribution in [0.5, 0.6) is 0 Å². The van der Waals surface area contributed by atoms with Gasteiger partial charge in [-0.15, -0.1) is 24.8 Å². The molecule has 0 aliphatic heterocycles. The third-order valence-corrected chi connectivity index (χ3v) is 4.93. The highest BCUT2D eigenvalue weighted by molar-refractivity contribution is 5.95. The molecule has 0 saturated heterocycles. The van der Waals surface area contributed by atoms with E-state index < -0.39 is 5.41 Å². The van der Waals surface area contributed by atoms with Crippen molar-refractivity contribution in [1.82, 2.24) is 14.5 Å². The Bertz CT molecular complexity index is 867. The second-order valence-electron chi connectivity index (χ2n) is 6.15. The number of halogens is 2. The number of aromatic nitrogens is 3. The molecule has 0 fully saturated rings. The van der Waals surface area contributed by atoms with Crippen molar-refractivity contribution in [2.75, 3.05) is 11.9 Å². The van der Waals surface area contributed by atoms with Gasteiger partial charge in [0.1, 0.15) is 12.1 Å². The molecule has 0 spiro atoms. The first-order valence-electron chi connectivity index (χ1n) is 8.53. The molecule has 0 radical (unpaired) electrons.